The van der Waals surface area contributed by atoms with E-state index >= 15 is 0 Å². The Hall–Kier alpha value is -2.36. The Morgan fingerprint density at radius 2 is 1.81 bits per heavy atom. The van der Waals surface area contributed by atoms with Crippen LogP contribution in [-0.2, 0) is 6.42 Å². The van der Waals surface area contributed by atoms with E-state index < -0.39 is 0 Å². The summed E-state index contributed by atoms with van der Waals surface area (Å²) in [5.41, 5.74) is 6.67. The minimum Gasteiger partial charge on any atom is -0.506 e. The largest absolute Gasteiger partial charge is 0.506 e. The van der Waals surface area contributed by atoms with Crippen LogP contribution in [0.5, 0.6) is 5.75 Å². The van der Waals surface area contributed by atoms with E-state index in [1.807, 2.05) is 30.3 Å². The SMILES string of the molecule is CC1=Cc2cc(Cl)cc(N3c4ccccc4Sc4cccc(O)c43)c2C1. The summed E-state index contributed by atoms with van der Waals surface area (Å²) in [6.45, 7) is 2.14. The molecule has 0 aromatic heterocycles. The average molecular weight is 378 g/mol. The Labute approximate surface area is 161 Å². The second kappa shape index (κ2) is 5.83. The molecule has 1 heterocycles. The van der Waals surface area contributed by atoms with Crippen molar-refractivity contribution in [2.75, 3.05) is 4.90 Å². The predicted octanol–water partition coefficient (Wildman–Crippen LogP) is 6.94. The molecule has 0 radical (unpaired) electrons. The van der Waals surface area contributed by atoms with Crippen molar-refractivity contribution in [2.45, 2.75) is 23.1 Å². The van der Waals surface area contributed by atoms with E-state index in [1.54, 1.807) is 17.8 Å². The van der Waals surface area contributed by atoms with E-state index in [1.165, 1.54) is 16.0 Å². The van der Waals surface area contributed by atoms with Gasteiger partial charge < -0.3 is 10.0 Å². The maximum absolute atomic E-state index is 10.7. The summed E-state index contributed by atoms with van der Waals surface area (Å²) in [6.07, 6.45) is 3.09. The molecule has 2 nitrogen and oxygen atoms in total. The van der Waals surface area contributed by atoms with Crippen LogP contribution in [0.4, 0.5) is 17.1 Å². The van der Waals surface area contributed by atoms with Gasteiger partial charge in [-0.05, 0) is 60.9 Å². The van der Waals surface area contributed by atoms with Crippen molar-refractivity contribution in [1.82, 2.24) is 0 Å². The zero-order chi connectivity index (χ0) is 17.8. The first-order chi connectivity index (χ1) is 12.6. The highest BCUT2D eigenvalue weighted by atomic mass is 35.5. The number of allylic oxidation sites excluding steroid dienone is 1. The van der Waals surface area contributed by atoms with Gasteiger partial charge in [0.1, 0.15) is 11.4 Å². The van der Waals surface area contributed by atoms with Gasteiger partial charge in [-0.3, -0.25) is 0 Å². The number of rotatable bonds is 1. The Balaban J connectivity index is 1.82. The van der Waals surface area contributed by atoms with Gasteiger partial charge in [0.05, 0.1) is 11.4 Å². The molecular formula is C22H16ClNOS. The van der Waals surface area contributed by atoms with E-state index in [9.17, 15) is 5.11 Å². The fourth-order valence-electron chi connectivity index (χ4n) is 3.79. The number of nitrogens with zero attached hydrogens (tertiary/aromatic N) is 1. The Morgan fingerprint density at radius 3 is 2.69 bits per heavy atom. The van der Waals surface area contributed by atoms with Crippen molar-refractivity contribution in [3.05, 3.63) is 76.3 Å². The van der Waals surface area contributed by atoms with E-state index in [0.29, 0.717) is 5.02 Å². The van der Waals surface area contributed by atoms with Crippen LogP contribution >= 0.6 is 23.4 Å². The predicted molar refractivity (Wildman–Crippen MR) is 109 cm³/mol. The van der Waals surface area contributed by atoms with Crippen LogP contribution in [0.15, 0.2) is 70.0 Å². The number of aromatic hydroxyl groups is 1. The lowest BCUT2D eigenvalue weighted by molar-refractivity contribution is 0.475. The third-order valence-corrected chi connectivity index (χ3v) is 6.18. The number of para-hydroxylation sites is 2. The zero-order valence-electron chi connectivity index (χ0n) is 14.2. The van der Waals surface area contributed by atoms with Gasteiger partial charge in [0, 0.05) is 14.8 Å². The van der Waals surface area contributed by atoms with Crippen LogP contribution in [0.3, 0.4) is 0 Å². The molecule has 0 atom stereocenters. The maximum atomic E-state index is 10.7. The lowest BCUT2D eigenvalue weighted by Gasteiger charge is -2.34. The molecule has 0 unspecified atom stereocenters. The molecule has 5 rings (SSSR count). The van der Waals surface area contributed by atoms with Crippen molar-refractivity contribution < 1.29 is 5.11 Å². The Morgan fingerprint density at radius 1 is 1.00 bits per heavy atom. The summed E-state index contributed by atoms with van der Waals surface area (Å²) in [7, 11) is 0. The second-order valence-corrected chi connectivity index (χ2v) is 8.21. The number of hydrogen-bond donors (Lipinski definition) is 1. The van der Waals surface area contributed by atoms with E-state index in [4.69, 9.17) is 11.6 Å². The van der Waals surface area contributed by atoms with E-state index in [-0.39, 0.29) is 5.75 Å². The summed E-state index contributed by atoms with van der Waals surface area (Å²) >= 11 is 8.15. The first-order valence-corrected chi connectivity index (χ1v) is 9.70. The van der Waals surface area contributed by atoms with Crippen molar-refractivity contribution >= 4 is 46.5 Å². The number of phenols is 1. The van der Waals surface area contributed by atoms with Crippen LogP contribution in [0.25, 0.3) is 6.08 Å². The quantitative estimate of drug-likeness (QED) is 0.388. The smallest absolute Gasteiger partial charge is 0.140 e. The molecule has 128 valence electrons. The highest BCUT2D eigenvalue weighted by Crippen LogP contribution is 2.55. The molecule has 3 aromatic carbocycles. The van der Waals surface area contributed by atoms with Crippen molar-refractivity contribution in [3.63, 3.8) is 0 Å². The second-order valence-electron chi connectivity index (χ2n) is 6.69. The van der Waals surface area contributed by atoms with Crippen LogP contribution in [-0.4, -0.2) is 5.11 Å². The number of halogens is 1. The summed E-state index contributed by atoms with van der Waals surface area (Å²) in [5, 5.41) is 11.4. The summed E-state index contributed by atoms with van der Waals surface area (Å²) in [4.78, 5) is 4.37. The van der Waals surface area contributed by atoms with Gasteiger partial charge in [-0.25, -0.2) is 0 Å². The minimum atomic E-state index is 0.279. The standard InChI is InChI=1S/C22H16ClNOS/c1-13-9-14-11-15(23)12-18(16(14)10-13)24-17-5-2-3-7-20(17)26-21-8-4-6-19(25)22(21)24/h2-9,11-12,25H,10H2,1H3. The van der Waals surface area contributed by atoms with Gasteiger partial charge in [-0.1, -0.05) is 53.2 Å². The summed E-state index contributed by atoms with van der Waals surface area (Å²) in [6, 6.07) is 18.0. The molecule has 0 amide bonds. The normalized spacial score (nSPS) is 14.5. The maximum Gasteiger partial charge on any atom is 0.140 e. The van der Waals surface area contributed by atoms with E-state index in [0.717, 1.165) is 33.9 Å². The van der Waals surface area contributed by atoms with Gasteiger partial charge in [-0.2, -0.15) is 0 Å². The van der Waals surface area contributed by atoms with Crippen LogP contribution in [0.1, 0.15) is 18.1 Å². The summed E-state index contributed by atoms with van der Waals surface area (Å²) in [5.74, 6) is 0.279. The number of phenolic OH excluding ortho intramolecular Hbond substituents is 1. The highest BCUT2D eigenvalue weighted by Gasteiger charge is 2.30. The van der Waals surface area contributed by atoms with Gasteiger partial charge in [0.15, 0.2) is 0 Å². The van der Waals surface area contributed by atoms with Crippen molar-refractivity contribution in [3.8, 4) is 5.75 Å². The zero-order valence-corrected chi connectivity index (χ0v) is 15.7. The van der Waals surface area contributed by atoms with Crippen molar-refractivity contribution in [2.24, 2.45) is 0 Å². The average Bonchev–Trinajstić information content (AvgIpc) is 2.99. The first kappa shape index (κ1) is 15.9. The van der Waals surface area contributed by atoms with Gasteiger partial charge in [0.25, 0.3) is 0 Å². The molecule has 0 fully saturated rings. The Bertz CT molecular complexity index is 1090. The molecule has 0 spiro atoms. The van der Waals surface area contributed by atoms with E-state index in [2.05, 4.69) is 36.1 Å². The van der Waals surface area contributed by atoms with Crippen LogP contribution in [0, 0.1) is 0 Å². The summed E-state index contributed by atoms with van der Waals surface area (Å²) < 4.78 is 0. The molecule has 1 aliphatic carbocycles. The molecule has 0 bridgehead atoms. The first-order valence-electron chi connectivity index (χ1n) is 8.50. The highest BCUT2D eigenvalue weighted by molar-refractivity contribution is 7.99. The van der Waals surface area contributed by atoms with Crippen LogP contribution in [0.2, 0.25) is 5.02 Å². The molecule has 2 aliphatic rings. The van der Waals surface area contributed by atoms with Crippen molar-refractivity contribution in [1.29, 1.82) is 0 Å². The molecule has 4 heteroatoms. The fraction of sp³-hybridized carbons (Fsp3) is 0.0909. The third kappa shape index (κ3) is 2.35. The monoisotopic (exact) mass is 377 g/mol. The lowest BCUT2D eigenvalue weighted by atomic mass is 10.0. The van der Waals surface area contributed by atoms with Gasteiger partial charge in [-0.15, -0.1) is 0 Å². The number of hydrogen-bond acceptors (Lipinski definition) is 3. The molecule has 0 saturated carbocycles. The topological polar surface area (TPSA) is 23.5 Å². The number of anilines is 3. The molecule has 1 N–H and O–H groups in total. The van der Waals surface area contributed by atoms with Gasteiger partial charge in [0.2, 0.25) is 0 Å². The lowest BCUT2D eigenvalue weighted by Crippen LogP contribution is -2.16. The number of fused-ring (bicyclic) bond motifs is 3. The molecule has 3 aromatic rings. The fourth-order valence-corrected chi connectivity index (χ4v) is 5.10. The van der Waals surface area contributed by atoms with Gasteiger partial charge >= 0.3 is 0 Å². The number of benzene rings is 3. The molecule has 0 saturated heterocycles. The third-order valence-electron chi connectivity index (χ3n) is 4.85. The Kier molecular flexibility index (Phi) is 3.56. The molecule has 1 aliphatic heterocycles. The molecular weight excluding hydrogens is 362 g/mol. The molecule has 26 heavy (non-hydrogen) atoms. The van der Waals surface area contributed by atoms with Crippen LogP contribution < -0.4 is 4.90 Å². The minimum absolute atomic E-state index is 0.279.